The Balaban J connectivity index is 1.68. The van der Waals surface area contributed by atoms with E-state index < -0.39 is 0 Å². The van der Waals surface area contributed by atoms with E-state index in [0.29, 0.717) is 27.4 Å². The number of halogens is 1. The number of hydrogen-bond donors (Lipinski definition) is 1. The van der Waals surface area contributed by atoms with Crippen molar-refractivity contribution in [2.45, 2.75) is 45.4 Å². The van der Waals surface area contributed by atoms with Crippen molar-refractivity contribution in [2.75, 3.05) is 20.8 Å². The molecule has 1 aromatic heterocycles. The van der Waals surface area contributed by atoms with Gasteiger partial charge in [-0.1, -0.05) is 62.8 Å². The fourth-order valence-corrected chi connectivity index (χ4v) is 3.74. The van der Waals surface area contributed by atoms with Gasteiger partial charge in [0.05, 0.1) is 36.8 Å². The molecule has 1 heterocycles. The van der Waals surface area contributed by atoms with Crippen LogP contribution in [0.2, 0.25) is 0 Å². The minimum Gasteiger partial charge on any atom is -0.494 e. The molecule has 0 aliphatic rings. The van der Waals surface area contributed by atoms with Crippen molar-refractivity contribution in [2.24, 2.45) is 0 Å². The zero-order chi connectivity index (χ0) is 23.6. The molecule has 0 bridgehead atoms. The van der Waals surface area contributed by atoms with E-state index in [1.165, 1.54) is 46.3 Å². The first-order valence-corrected chi connectivity index (χ1v) is 11.7. The largest absolute Gasteiger partial charge is 0.494 e. The lowest BCUT2D eigenvalue weighted by Crippen LogP contribution is -2.11. The molecule has 0 aliphatic carbocycles. The van der Waals surface area contributed by atoms with Gasteiger partial charge in [-0.05, 0) is 36.3 Å². The molecule has 0 unspecified atom stereocenters. The summed E-state index contributed by atoms with van der Waals surface area (Å²) in [4.78, 5) is 19.8. The van der Waals surface area contributed by atoms with E-state index in [2.05, 4.69) is 16.9 Å². The van der Waals surface area contributed by atoms with E-state index in [1.807, 2.05) is 24.3 Å². The van der Waals surface area contributed by atoms with Crippen molar-refractivity contribution < 1.29 is 14.2 Å². The Morgan fingerprint density at radius 1 is 1.00 bits per heavy atom. The Morgan fingerprint density at radius 2 is 1.67 bits per heavy atom. The fraction of sp³-hybridized carbons (Fsp3) is 0.385. The molecule has 0 atom stereocenters. The summed E-state index contributed by atoms with van der Waals surface area (Å²) in [5, 5.41) is 0.720. The van der Waals surface area contributed by atoms with Crippen molar-refractivity contribution in [3.05, 3.63) is 58.1 Å². The molecule has 176 valence electrons. The summed E-state index contributed by atoms with van der Waals surface area (Å²) in [6, 6.07) is 10.9. The summed E-state index contributed by atoms with van der Waals surface area (Å²) < 4.78 is 16.4. The van der Waals surface area contributed by atoms with Crippen molar-refractivity contribution in [1.82, 2.24) is 9.97 Å². The Hall–Kier alpha value is -2.99. The molecular formula is C26H31ClN2O4. The standard InChI is InChI=1S/C26H31ClN2O4/c1-4-5-6-7-8-9-14-33-19-12-10-18(11-13-19)15-21(27)25-28-22-17-24(32-3)23(31-2)16-20(22)26(30)29-25/h10-13,15-17H,4-9,14H2,1-3H3,(H,28,29,30). The Bertz CT molecular complexity index is 1140. The Morgan fingerprint density at radius 3 is 2.36 bits per heavy atom. The predicted octanol–water partition coefficient (Wildman–Crippen LogP) is 6.42. The molecule has 33 heavy (non-hydrogen) atoms. The normalized spacial score (nSPS) is 11.6. The van der Waals surface area contributed by atoms with Crippen LogP contribution in [-0.2, 0) is 0 Å². The minimum atomic E-state index is -0.305. The smallest absolute Gasteiger partial charge is 0.259 e. The quantitative estimate of drug-likeness (QED) is 0.309. The van der Waals surface area contributed by atoms with Gasteiger partial charge in [-0.3, -0.25) is 4.79 Å². The number of fused-ring (bicyclic) bond motifs is 1. The highest BCUT2D eigenvalue weighted by molar-refractivity contribution is 6.50. The topological polar surface area (TPSA) is 73.4 Å². The second-order valence-electron chi connectivity index (χ2n) is 7.82. The summed E-state index contributed by atoms with van der Waals surface area (Å²) in [6.45, 7) is 2.94. The number of aromatic nitrogens is 2. The first-order valence-electron chi connectivity index (χ1n) is 11.3. The zero-order valence-corrected chi connectivity index (χ0v) is 20.2. The molecule has 0 radical (unpaired) electrons. The summed E-state index contributed by atoms with van der Waals surface area (Å²) in [5.74, 6) is 2.07. The molecule has 0 saturated carbocycles. The van der Waals surface area contributed by atoms with Crippen LogP contribution < -0.4 is 19.8 Å². The third kappa shape index (κ3) is 6.75. The molecule has 3 rings (SSSR count). The zero-order valence-electron chi connectivity index (χ0n) is 19.4. The van der Waals surface area contributed by atoms with E-state index in [0.717, 1.165) is 24.3 Å². The Kier molecular flexibility index (Phi) is 9.19. The van der Waals surface area contributed by atoms with Gasteiger partial charge in [0.2, 0.25) is 0 Å². The van der Waals surface area contributed by atoms with Crippen molar-refractivity contribution in [1.29, 1.82) is 0 Å². The number of ether oxygens (including phenoxy) is 3. The van der Waals surface area contributed by atoms with Crippen LogP contribution in [0.1, 0.15) is 56.8 Å². The third-order valence-electron chi connectivity index (χ3n) is 5.38. The van der Waals surface area contributed by atoms with Gasteiger partial charge in [0, 0.05) is 6.07 Å². The molecule has 2 aromatic carbocycles. The predicted molar refractivity (Wildman–Crippen MR) is 135 cm³/mol. The van der Waals surface area contributed by atoms with Gasteiger partial charge in [-0.15, -0.1) is 0 Å². The van der Waals surface area contributed by atoms with E-state index in [4.69, 9.17) is 25.8 Å². The lowest BCUT2D eigenvalue weighted by Gasteiger charge is -2.09. The molecule has 0 saturated heterocycles. The lowest BCUT2D eigenvalue weighted by molar-refractivity contribution is 0.304. The second kappa shape index (κ2) is 12.3. The molecule has 0 fully saturated rings. The highest BCUT2D eigenvalue weighted by Crippen LogP contribution is 2.30. The molecule has 0 spiro atoms. The molecule has 0 aliphatic heterocycles. The van der Waals surface area contributed by atoms with E-state index in [9.17, 15) is 4.79 Å². The summed E-state index contributed by atoms with van der Waals surface area (Å²) in [5.41, 5.74) is 1.04. The monoisotopic (exact) mass is 470 g/mol. The van der Waals surface area contributed by atoms with Crippen LogP contribution in [0.4, 0.5) is 0 Å². The van der Waals surface area contributed by atoms with Crippen LogP contribution in [0.25, 0.3) is 22.0 Å². The molecular weight excluding hydrogens is 440 g/mol. The second-order valence-corrected chi connectivity index (χ2v) is 8.22. The first-order chi connectivity index (χ1) is 16.0. The van der Waals surface area contributed by atoms with Crippen LogP contribution in [-0.4, -0.2) is 30.8 Å². The molecule has 0 amide bonds. The number of nitrogens with zero attached hydrogens (tertiary/aromatic N) is 1. The van der Waals surface area contributed by atoms with Gasteiger partial charge in [0.1, 0.15) is 5.75 Å². The minimum absolute atomic E-state index is 0.282. The van der Waals surface area contributed by atoms with Gasteiger partial charge < -0.3 is 19.2 Å². The third-order valence-corrected chi connectivity index (χ3v) is 5.67. The average Bonchev–Trinajstić information content (AvgIpc) is 2.83. The maximum Gasteiger partial charge on any atom is 0.259 e. The van der Waals surface area contributed by atoms with Crippen LogP contribution in [0.3, 0.4) is 0 Å². The van der Waals surface area contributed by atoms with E-state index >= 15 is 0 Å². The molecule has 7 heteroatoms. The number of methoxy groups -OCH3 is 2. The number of aromatic amines is 1. The molecule has 6 nitrogen and oxygen atoms in total. The molecule has 1 N–H and O–H groups in total. The van der Waals surface area contributed by atoms with Crippen molar-refractivity contribution >= 4 is 33.6 Å². The van der Waals surface area contributed by atoms with Crippen LogP contribution in [0.15, 0.2) is 41.2 Å². The fourth-order valence-electron chi connectivity index (χ4n) is 3.53. The Labute approximate surface area is 199 Å². The number of H-pyrrole nitrogens is 1. The number of unbranched alkanes of at least 4 members (excludes halogenated alkanes) is 5. The van der Waals surface area contributed by atoms with Crippen LogP contribution in [0, 0.1) is 0 Å². The van der Waals surface area contributed by atoms with E-state index in [1.54, 1.807) is 18.2 Å². The van der Waals surface area contributed by atoms with Gasteiger partial charge in [0.25, 0.3) is 5.56 Å². The van der Waals surface area contributed by atoms with Gasteiger partial charge in [0.15, 0.2) is 17.3 Å². The van der Waals surface area contributed by atoms with Gasteiger partial charge in [-0.25, -0.2) is 4.98 Å². The van der Waals surface area contributed by atoms with E-state index in [-0.39, 0.29) is 11.4 Å². The summed E-state index contributed by atoms with van der Waals surface area (Å²) in [6.07, 6.45) is 9.16. The summed E-state index contributed by atoms with van der Waals surface area (Å²) >= 11 is 6.48. The SMILES string of the molecule is CCCCCCCCOc1ccc(C=C(Cl)c2nc3cc(OC)c(OC)cc3c(=O)[nH]2)cc1. The number of nitrogens with one attached hydrogen (secondary N) is 1. The van der Waals surface area contributed by atoms with Crippen LogP contribution >= 0.6 is 11.6 Å². The van der Waals surface area contributed by atoms with Crippen LogP contribution in [0.5, 0.6) is 17.2 Å². The highest BCUT2D eigenvalue weighted by atomic mass is 35.5. The van der Waals surface area contributed by atoms with Gasteiger partial charge in [-0.2, -0.15) is 0 Å². The molecule has 3 aromatic rings. The summed E-state index contributed by atoms with van der Waals surface area (Å²) in [7, 11) is 3.05. The lowest BCUT2D eigenvalue weighted by atomic mass is 10.1. The van der Waals surface area contributed by atoms with Crippen molar-refractivity contribution in [3.8, 4) is 17.2 Å². The first kappa shape index (κ1) is 24.6. The average molecular weight is 471 g/mol. The van der Waals surface area contributed by atoms with Gasteiger partial charge >= 0.3 is 0 Å². The highest BCUT2D eigenvalue weighted by Gasteiger charge is 2.12. The maximum absolute atomic E-state index is 12.6. The number of rotatable bonds is 12. The van der Waals surface area contributed by atoms with Crippen molar-refractivity contribution in [3.63, 3.8) is 0 Å². The number of benzene rings is 2. The number of hydrogen-bond acceptors (Lipinski definition) is 5. The maximum atomic E-state index is 12.6.